The predicted molar refractivity (Wildman–Crippen MR) is 70.7 cm³/mol. The first-order chi connectivity index (χ1) is 8.19. The van der Waals surface area contributed by atoms with Gasteiger partial charge < -0.3 is 10.2 Å². The van der Waals surface area contributed by atoms with E-state index < -0.39 is 0 Å². The number of piperidine rings is 1. The molecule has 0 bridgehead atoms. The van der Waals surface area contributed by atoms with Gasteiger partial charge >= 0.3 is 0 Å². The third-order valence-electron chi connectivity index (χ3n) is 3.18. The maximum atomic E-state index is 13.6. The fourth-order valence-electron chi connectivity index (χ4n) is 2.11. The highest BCUT2D eigenvalue weighted by Crippen LogP contribution is 2.19. The van der Waals surface area contributed by atoms with Gasteiger partial charge in [0, 0.05) is 29.8 Å². The van der Waals surface area contributed by atoms with E-state index in [0.29, 0.717) is 16.3 Å². The van der Waals surface area contributed by atoms with Gasteiger partial charge in [-0.25, -0.2) is 9.37 Å². The van der Waals surface area contributed by atoms with Crippen LogP contribution in [0.5, 0.6) is 0 Å². The molecular weight excluding hydrogens is 285 g/mol. The third-order valence-corrected chi connectivity index (χ3v) is 3.62. The maximum absolute atomic E-state index is 13.6. The first-order valence-electron chi connectivity index (χ1n) is 5.99. The lowest BCUT2D eigenvalue weighted by molar-refractivity contribution is 0.229. The van der Waals surface area contributed by atoms with Crippen LogP contribution in [0.25, 0.3) is 0 Å². The second-order valence-electron chi connectivity index (χ2n) is 4.34. The zero-order valence-corrected chi connectivity index (χ0v) is 11.5. The van der Waals surface area contributed by atoms with Crippen LogP contribution in [0.1, 0.15) is 19.8 Å². The van der Waals surface area contributed by atoms with Gasteiger partial charge in [0.15, 0.2) is 11.6 Å². The zero-order chi connectivity index (χ0) is 12.3. The molecule has 1 aliphatic rings. The minimum atomic E-state index is -0.294. The van der Waals surface area contributed by atoms with E-state index in [1.165, 1.54) is 6.07 Å². The lowest BCUT2D eigenvalue weighted by Gasteiger charge is -2.31. The average molecular weight is 302 g/mol. The summed E-state index contributed by atoms with van der Waals surface area (Å²) in [5.41, 5.74) is 0. The van der Waals surface area contributed by atoms with Gasteiger partial charge in [-0.3, -0.25) is 0 Å². The molecule has 17 heavy (non-hydrogen) atoms. The SMILES string of the molecule is CCN1CCC(Nc2ncc(Br)cc2F)CC1. The van der Waals surface area contributed by atoms with E-state index in [-0.39, 0.29) is 5.82 Å². The molecule has 1 aliphatic heterocycles. The van der Waals surface area contributed by atoms with Crippen LogP contribution >= 0.6 is 15.9 Å². The van der Waals surface area contributed by atoms with Gasteiger partial charge in [0.2, 0.25) is 0 Å². The first-order valence-corrected chi connectivity index (χ1v) is 6.78. The molecule has 1 aromatic heterocycles. The molecule has 2 rings (SSSR count). The number of likely N-dealkylation sites (tertiary alicyclic amines) is 1. The summed E-state index contributed by atoms with van der Waals surface area (Å²) in [7, 11) is 0. The van der Waals surface area contributed by atoms with Crippen LogP contribution in [0.3, 0.4) is 0 Å². The first kappa shape index (κ1) is 12.8. The van der Waals surface area contributed by atoms with Crippen molar-refractivity contribution in [1.82, 2.24) is 9.88 Å². The minimum Gasteiger partial charge on any atom is -0.365 e. The monoisotopic (exact) mass is 301 g/mol. The fraction of sp³-hybridized carbons (Fsp3) is 0.583. The molecule has 3 nitrogen and oxygen atoms in total. The summed E-state index contributed by atoms with van der Waals surface area (Å²) in [6.45, 7) is 5.42. The quantitative estimate of drug-likeness (QED) is 0.930. The van der Waals surface area contributed by atoms with Crippen molar-refractivity contribution in [2.45, 2.75) is 25.8 Å². The topological polar surface area (TPSA) is 28.2 Å². The summed E-state index contributed by atoms with van der Waals surface area (Å²) < 4.78 is 14.3. The summed E-state index contributed by atoms with van der Waals surface area (Å²) in [6.07, 6.45) is 3.71. The van der Waals surface area contributed by atoms with E-state index in [4.69, 9.17) is 0 Å². The number of rotatable bonds is 3. The Kier molecular flexibility index (Phi) is 4.34. The molecule has 0 atom stereocenters. The molecule has 0 aromatic carbocycles. The smallest absolute Gasteiger partial charge is 0.166 e. The lowest BCUT2D eigenvalue weighted by Crippen LogP contribution is -2.39. The molecule has 0 radical (unpaired) electrons. The Morgan fingerprint density at radius 3 is 2.82 bits per heavy atom. The highest BCUT2D eigenvalue weighted by molar-refractivity contribution is 9.10. The van der Waals surface area contributed by atoms with E-state index in [1.54, 1.807) is 6.20 Å². The summed E-state index contributed by atoms with van der Waals surface area (Å²) >= 11 is 3.20. The van der Waals surface area contributed by atoms with Crippen molar-refractivity contribution in [3.05, 3.63) is 22.6 Å². The van der Waals surface area contributed by atoms with Crippen molar-refractivity contribution in [2.75, 3.05) is 25.0 Å². The Morgan fingerprint density at radius 1 is 1.53 bits per heavy atom. The second kappa shape index (κ2) is 5.78. The van der Waals surface area contributed by atoms with Crippen molar-refractivity contribution in [2.24, 2.45) is 0 Å². The van der Waals surface area contributed by atoms with Gasteiger partial charge in [-0.15, -0.1) is 0 Å². The Bertz CT molecular complexity index is 378. The maximum Gasteiger partial charge on any atom is 0.166 e. The number of hydrogen-bond donors (Lipinski definition) is 1. The standard InChI is InChI=1S/C12H17BrFN3/c1-2-17-5-3-10(4-6-17)16-12-11(14)7-9(13)8-15-12/h7-8,10H,2-6H2,1H3,(H,15,16). The molecule has 94 valence electrons. The number of hydrogen-bond acceptors (Lipinski definition) is 3. The molecule has 1 fully saturated rings. The van der Waals surface area contributed by atoms with Gasteiger partial charge in [0.25, 0.3) is 0 Å². The Morgan fingerprint density at radius 2 is 2.24 bits per heavy atom. The van der Waals surface area contributed by atoms with Gasteiger partial charge in [0.1, 0.15) is 0 Å². The zero-order valence-electron chi connectivity index (χ0n) is 9.92. The molecule has 1 aromatic rings. The third kappa shape index (κ3) is 3.39. The number of pyridine rings is 1. The van der Waals surface area contributed by atoms with Crippen LogP contribution in [0.15, 0.2) is 16.7 Å². The van der Waals surface area contributed by atoms with Crippen LogP contribution in [-0.2, 0) is 0 Å². The number of aromatic nitrogens is 1. The Balaban J connectivity index is 1.93. The molecule has 5 heteroatoms. The fourth-order valence-corrected chi connectivity index (χ4v) is 2.41. The minimum absolute atomic E-state index is 0.294. The molecule has 0 amide bonds. The summed E-state index contributed by atoms with van der Waals surface area (Å²) in [5, 5.41) is 3.19. The van der Waals surface area contributed by atoms with Crippen LogP contribution in [0.4, 0.5) is 10.2 Å². The molecule has 1 N–H and O–H groups in total. The van der Waals surface area contributed by atoms with Crippen molar-refractivity contribution in [1.29, 1.82) is 0 Å². The lowest BCUT2D eigenvalue weighted by atomic mass is 10.1. The van der Waals surface area contributed by atoms with Crippen molar-refractivity contribution in [3.8, 4) is 0 Å². The van der Waals surface area contributed by atoms with Crippen molar-refractivity contribution >= 4 is 21.7 Å². The average Bonchev–Trinajstić information content (AvgIpc) is 2.34. The van der Waals surface area contributed by atoms with Gasteiger partial charge in [0.05, 0.1) is 0 Å². The van der Waals surface area contributed by atoms with E-state index in [2.05, 4.69) is 38.1 Å². The largest absolute Gasteiger partial charge is 0.365 e. The number of anilines is 1. The molecule has 0 spiro atoms. The normalized spacial score (nSPS) is 18.3. The molecule has 2 heterocycles. The van der Waals surface area contributed by atoms with Crippen molar-refractivity contribution < 1.29 is 4.39 Å². The molecule has 0 aliphatic carbocycles. The molecule has 0 unspecified atom stereocenters. The highest BCUT2D eigenvalue weighted by Gasteiger charge is 2.19. The number of nitrogens with one attached hydrogen (secondary N) is 1. The summed E-state index contributed by atoms with van der Waals surface area (Å²) in [6, 6.07) is 1.78. The molecular formula is C12H17BrFN3. The second-order valence-corrected chi connectivity index (χ2v) is 5.25. The molecule has 0 saturated carbocycles. The Labute approximate surface area is 110 Å². The van der Waals surface area contributed by atoms with Crippen LogP contribution in [-0.4, -0.2) is 35.6 Å². The van der Waals surface area contributed by atoms with E-state index in [1.807, 2.05) is 0 Å². The predicted octanol–water partition coefficient (Wildman–Crippen LogP) is 2.88. The van der Waals surface area contributed by atoms with E-state index >= 15 is 0 Å². The van der Waals surface area contributed by atoms with Crippen LogP contribution < -0.4 is 5.32 Å². The van der Waals surface area contributed by atoms with Gasteiger partial charge in [-0.2, -0.15) is 0 Å². The van der Waals surface area contributed by atoms with Gasteiger partial charge in [-0.1, -0.05) is 6.92 Å². The highest BCUT2D eigenvalue weighted by atomic mass is 79.9. The van der Waals surface area contributed by atoms with Gasteiger partial charge in [-0.05, 0) is 41.4 Å². The number of halogens is 2. The van der Waals surface area contributed by atoms with Crippen molar-refractivity contribution in [3.63, 3.8) is 0 Å². The van der Waals surface area contributed by atoms with Crippen LogP contribution in [0, 0.1) is 5.82 Å². The van der Waals surface area contributed by atoms with E-state index in [9.17, 15) is 4.39 Å². The Hall–Kier alpha value is -0.680. The van der Waals surface area contributed by atoms with E-state index in [0.717, 1.165) is 32.5 Å². The number of nitrogens with zero attached hydrogens (tertiary/aromatic N) is 2. The summed E-state index contributed by atoms with van der Waals surface area (Å²) in [4.78, 5) is 6.47. The summed E-state index contributed by atoms with van der Waals surface area (Å²) in [5.74, 6) is 0.0699. The molecule has 1 saturated heterocycles. The van der Waals surface area contributed by atoms with Crippen LogP contribution in [0.2, 0.25) is 0 Å².